The Balaban J connectivity index is 1.52. The van der Waals surface area contributed by atoms with Crippen molar-refractivity contribution < 1.29 is 4.79 Å². The fourth-order valence-corrected chi connectivity index (χ4v) is 4.15. The molecule has 3 rings (SSSR count). The Hall–Kier alpha value is -0.610. The molecule has 4 nitrogen and oxygen atoms in total. The summed E-state index contributed by atoms with van der Waals surface area (Å²) in [6.07, 6.45) is 9.36. The summed E-state index contributed by atoms with van der Waals surface area (Å²) in [6, 6.07) is 1.28. The van der Waals surface area contributed by atoms with Gasteiger partial charge in [0.05, 0.1) is 5.41 Å². The molecule has 1 atom stereocenters. The smallest absolute Gasteiger partial charge is 0.227 e. The van der Waals surface area contributed by atoms with Crippen LogP contribution in [0, 0.1) is 5.41 Å². The Morgan fingerprint density at radius 1 is 1.29 bits per heavy atom. The SMILES string of the molecule is CCCC1(C(=O)NC2CCN(C3CC3)CC2)CCCNC1. The lowest BCUT2D eigenvalue weighted by molar-refractivity contribution is -0.133. The highest BCUT2D eigenvalue weighted by Crippen LogP contribution is 2.33. The second kappa shape index (κ2) is 6.66. The molecule has 1 saturated carbocycles. The maximum absolute atomic E-state index is 12.8. The van der Waals surface area contributed by atoms with Crippen LogP contribution >= 0.6 is 0 Å². The third-order valence-electron chi connectivity index (χ3n) is 5.61. The summed E-state index contributed by atoms with van der Waals surface area (Å²) in [7, 11) is 0. The lowest BCUT2D eigenvalue weighted by Gasteiger charge is -2.39. The minimum absolute atomic E-state index is 0.138. The molecule has 0 aromatic heterocycles. The third kappa shape index (κ3) is 3.59. The van der Waals surface area contributed by atoms with Gasteiger partial charge in [0.25, 0.3) is 0 Å². The fourth-order valence-electron chi connectivity index (χ4n) is 4.15. The zero-order chi connectivity index (χ0) is 14.7. The van der Waals surface area contributed by atoms with Crippen LogP contribution in [0.3, 0.4) is 0 Å². The monoisotopic (exact) mass is 293 g/mol. The molecule has 3 fully saturated rings. The van der Waals surface area contributed by atoms with Crippen molar-refractivity contribution in [3.05, 3.63) is 0 Å². The topological polar surface area (TPSA) is 44.4 Å². The van der Waals surface area contributed by atoms with E-state index in [2.05, 4.69) is 22.5 Å². The summed E-state index contributed by atoms with van der Waals surface area (Å²) in [5, 5.41) is 6.83. The minimum Gasteiger partial charge on any atom is -0.353 e. The number of hydrogen-bond donors (Lipinski definition) is 2. The number of nitrogens with one attached hydrogen (secondary N) is 2. The van der Waals surface area contributed by atoms with Gasteiger partial charge in [-0.05, 0) is 51.5 Å². The zero-order valence-corrected chi connectivity index (χ0v) is 13.5. The van der Waals surface area contributed by atoms with E-state index in [-0.39, 0.29) is 5.41 Å². The van der Waals surface area contributed by atoms with E-state index in [0.29, 0.717) is 11.9 Å². The predicted molar refractivity (Wildman–Crippen MR) is 85.2 cm³/mol. The van der Waals surface area contributed by atoms with Gasteiger partial charge in [0, 0.05) is 31.7 Å². The molecule has 1 amide bonds. The average molecular weight is 293 g/mol. The summed E-state index contributed by atoms with van der Waals surface area (Å²) in [4.78, 5) is 15.5. The quantitative estimate of drug-likeness (QED) is 0.814. The van der Waals surface area contributed by atoms with E-state index in [4.69, 9.17) is 0 Å². The molecule has 3 aliphatic rings. The van der Waals surface area contributed by atoms with Crippen molar-refractivity contribution in [3.8, 4) is 0 Å². The highest BCUT2D eigenvalue weighted by atomic mass is 16.2. The molecule has 4 heteroatoms. The lowest BCUT2D eigenvalue weighted by Crippen LogP contribution is -2.54. The molecule has 1 unspecified atom stereocenters. The second-order valence-electron chi connectivity index (χ2n) is 7.33. The summed E-state index contributed by atoms with van der Waals surface area (Å²) in [5.74, 6) is 0.321. The summed E-state index contributed by atoms with van der Waals surface area (Å²) < 4.78 is 0. The van der Waals surface area contributed by atoms with Crippen LogP contribution in [-0.2, 0) is 4.79 Å². The highest BCUT2D eigenvalue weighted by Gasteiger charge is 2.40. The van der Waals surface area contributed by atoms with Gasteiger partial charge in [0.15, 0.2) is 0 Å². The molecule has 0 aromatic carbocycles. The summed E-state index contributed by atoms with van der Waals surface area (Å²) in [5.41, 5.74) is -0.138. The van der Waals surface area contributed by atoms with Gasteiger partial charge in [-0.15, -0.1) is 0 Å². The van der Waals surface area contributed by atoms with E-state index >= 15 is 0 Å². The molecule has 0 radical (unpaired) electrons. The number of likely N-dealkylation sites (tertiary alicyclic amines) is 1. The molecule has 2 heterocycles. The van der Waals surface area contributed by atoms with Gasteiger partial charge in [0.1, 0.15) is 0 Å². The molecule has 0 bridgehead atoms. The molecule has 2 aliphatic heterocycles. The Kier molecular flexibility index (Phi) is 4.85. The van der Waals surface area contributed by atoms with Crippen molar-refractivity contribution in [3.63, 3.8) is 0 Å². The van der Waals surface area contributed by atoms with Gasteiger partial charge in [-0.3, -0.25) is 4.79 Å². The molecular formula is C17H31N3O. The average Bonchev–Trinajstić information content (AvgIpc) is 3.34. The van der Waals surface area contributed by atoms with E-state index in [9.17, 15) is 4.79 Å². The number of nitrogens with zero attached hydrogens (tertiary/aromatic N) is 1. The Labute approximate surface area is 129 Å². The largest absolute Gasteiger partial charge is 0.353 e. The number of hydrogen-bond acceptors (Lipinski definition) is 3. The molecule has 0 spiro atoms. The first kappa shape index (κ1) is 15.3. The van der Waals surface area contributed by atoms with Crippen molar-refractivity contribution in [2.24, 2.45) is 5.41 Å². The van der Waals surface area contributed by atoms with Crippen molar-refractivity contribution in [2.75, 3.05) is 26.2 Å². The van der Waals surface area contributed by atoms with Crippen LogP contribution < -0.4 is 10.6 Å². The van der Waals surface area contributed by atoms with E-state index in [1.54, 1.807) is 0 Å². The standard InChI is InChI=1S/C17H31N3O/c1-2-8-17(9-3-10-18-13-17)16(21)19-14-6-11-20(12-7-14)15-4-5-15/h14-15,18H,2-13H2,1H3,(H,19,21). The van der Waals surface area contributed by atoms with Crippen LogP contribution in [0.4, 0.5) is 0 Å². The van der Waals surface area contributed by atoms with Crippen LogP contribution in [0.2, 0.25) is 0 Å². The Bertz CT molecular complexity index is 348. The maximum Gasteiger partial charge on any atom is 0.227 e. The van der Waals surface area contributed by atoms with E-state index < -0.39 is 0 Å². The first-order valence-electron chi connectivity index (χ1n) is 8.99. The number of amides is 1. The molecule has 0 aromatic rings. The minimum atomic E-state index is -0.138. The van der Waals surface area contributed by atoms with Gasteiger partial charge in [-0.2, -0.15) is 0 Å². The van der Waals surface area contributed by atoms with Crippen molar-refractivity contribution in [2.45, 2.75) is 70.4 Å². The lowest BCUT2D eigenvalue weighted by atomic mass is 9.76. The van der Waals surface area contributed by atoms with E-state index in [0.717, 1.165) is 57.7 Å². The molecule has 2 saturated heterocycles. The summed E-state index contributed by atoms with van der Waals surface area (Å²) >= 11 is 0. The maximum atomic E-state index is 12.8. The second-order valence-corrected chi connectivity index (χ2v) is 7.33. The van der Waals surface area contributed by atoms with Gasteiger partial charge in [-0.1, -0.05) is 13.3 Å². The van der Waals surface area contributed by atoms with Gasteiger partial charge >= 0.3 is 0 Å². The third-order valence-corrected chi connectivity index (χ3v) is 5.61. The highest BCUT2D eigenvalue weighted by molar-refractivity contribution is 5.83. The van der Waals surface area contributed by atoms with Crippen molar-refractivity contribution in [1.82, 2.24) is 15.5 Å². The number of piperidine rings is 2. The number of carbonyl (C=O) groups is 1. The van der Waals surface area contributed by atoms with Crippen molar-refractivity contribution >= 4 is 5.91 Å². The normalized spacial score (nSPS) is 32.0. The molecular weight excluding hydrogens is 262 g/mol. The van der Waals surface area contributed by atoms with Crippen LogP contribution in [0.5, 0.6) is 0 Å². The van der Waals surface area contributed by atoms with Gasteiger partial charge in [-0.25, -0.2) is 0 Å². The summed E-state index contributed by atoms with van der Waals surface area (Å²) in [6.45, 7) is 6.48. The van der Waals surface area contributed by atoms with Crippen LogP contribution in [0.25, 0.3) is 0 Å². The molecule has 2 N–H and O–H groups in total. The van der Waals surface area contributed by atoms with E-state index in [1.807, 2.05) is 0 Å². The molecule has 1 aliphatic carbocycles. The van der Waals surface area contributed by atoms with Crippen LogP contribution in [0.15, 0.2) is 0 Å². The fraction of sp³-hybridized carbons (Fsp3) is 0.941. The van der Waals surface area contributed by atoms with Gasteiger partial charge in [0.2, 0.25) is 5.91 Å². The Morgan fingerprint density at radius 3 is 2.62 bits per heavy atom. The Morgan fingerprint density at radius 2 is 2.05 bits per heavy atom. The number of rotatable bonds is 5. The van der Waals surface area contributed by atoms with E-state index in [1.165, 1.54) is 25.9 Å². The van der Waals surface area contributed by atoms with Crippen LogP contribution in [-0.4, -0.2) is 49.1 Å². The van der Waals surface area contributed by atoms with Crippen molar-refractivity contribution in [1.29, 1.82) is 0 Å². The first-order valence-corrected chi connectivity index (χ1v) is 8.99. The predicted octanol–water partition coefficient (Wildman–Crippen LogP) is 1.90. The van der Waals surface area contributed by atoms with Crippen LogP contribution in [0.1, 0.15) is 58.3 Å². The molecule has 21 heavy (non-hydrogen) atoms. The molecule has 120 valence electrons. The first-order chi connectivity index (χ1) is 10.2. The number of carbonyl (C=O) groups excluding carboxylic acids is 1. The zero-order valence-electron chi connectivity index (χ0n) is 13.5. The van der Waals surface area contributed by atoms with Gasteiger partial charge < -0.3 is 15.5 Å².